The maximum atomic E-state index is 11.9. The Kier molecular flexibility index (Phi) is 6.84. The van der Waals surface area contributed by atoms with Crippen molar-refractivity contribution in [3.05, 3.63) is 34.9 Å². The summed E-state index contributed by atoms with van der Waals surface area (Å²) in [6.07, 6.45) is 2.40. The lowest BCUT2D eigenvalue weighted by Crippen LogP contribution is -2.44. The van der Waals surface area contributed by atoms with E-state index in [1.807, 2.05) is 6.26 Å². The fourth-order valence-electron chi connectivity index (χ4n) is 1.61. The highest BCUT2D eigenvalue weighted by molar-refractivity contribution is 7.98. The molecular weight excluding hydrogens is 300 g/mol. The number of nitrogens with two attached hydrogens (primary N) is 1. The molecule has 0 heterocycles. The van der Waals surface area contributed by atoms with E-state index in [1.54, 1.807) is 36.0 Å². The fraction of sp³-hybridized carbons (Fsp3) is 0.385. The number of amides is 1. The molecule has 0 aliphatic heterocycles. The molecule has 5 nitrogen and oxygen atoms in total. The molecule has 110 valence electrons. The Morgan fingerprint density at radius 3 is 2.65 bits per heavy atom. The summed E-state index contributed by atoms with van der Waals surface area (Å²) in [4.78, 5) is 23.2. The molecule has 0 aliphatic carbocycles. The van der Waals surface area contributed by atoms with Gasteiger partial charge in [0.1, 0.15) is 0 Å². The lowest BCUT2D eigenvalue weighted by Gasteiger charge is -2.18. The van der Waals surface area contributed by atoms with Crippen LogP contribution in [-0.2, 0) is 9.59 Å². The molecule has 0 aromatic heterocycles. The molecular formula is C13H17ClN2O3S. The van der Waals surface area contributed by atoms with Crippen molar-refractivity contribution in [1.82, 2.24) is 5.32 Å². The maximum absolute atomic E-state index is 11.9. The number of aliphatic carboxylic acids is 1. The number of carboxylic acids is 1. The normalized spacial score (nSPS) is 13.6. The Balaban J connectivity index is 2.81. The Labute approximate surface area is 126 Å². The van der Waals surface area contributed by atoms with Crippen LogP contribution >= 0.6 is 23.4 Å². The zero-order valence-corrected chi connectivity index (χ0v) is 12.6. The van der Waals surface area contributed by atoms with E-state index in [1.165, 1.54) is 0 Å². The Morgan fingerprint density at radius 1 is 1.45 bits per heavy atom. The Bertz CT molecular complexity index is 484. The van der Waals surface area contributed by atoms with Crippen LogP contribution in [0.5, 0.6) is 0 Å². The van der Waals surface area contributed by atoms with Crippen molar-refractivity contribution in [3.8, 4) is 0 Å². The van der Waals surface area contributed by atoms with Crippen LogP contribution in [0.4, 0.5) is 0 Å². The van der Waals surface area contributed by atoms with Crippen molar-refractivity contribution in [1.29, 1.82) is 0 Å². The molecule has 2 atom stereocenters. The first-order valence-corrected chi connectivity index (χ1v) is 7.76. The van der Waals surface area contributed by atoms with Gasteiger partial charge in [-0.05, 0) is 24.5 Å². The van der Waals surface area contributed by atoms with E-state index in [0.717, 1.165) is 5.75 Å². The van der Waals surface area contributed by atoms with Crippen molar-refractivity contribution in [3.63, 3.8) is 0 Å². The number of halogens is 1. The van der Waals surface area contributed by atoms with Crippen molar-refractivity contribution in [2.45, 2.75) is 18.5 Å². The number of thioether (sulfide) groups is 1. The van der Waals surface area contributed by atoms with Gasteiger partial charge in [-0.3, -0.25) is 4.79 Å². The van der Waals surface area contributed by atoms with Crippen LogP contribution in [0.1, 0.15) is 18.0 Å². The van der Waals surface area contributed by atoms with E-state index < -0.39 is 24.0 Å². The molecule has 0 saturated heterocycles. The minimum Gasteiger partial charge on any atom is -0.479 e. The molecule has 0 fully saturated rings. The molecule has 0 aliphatic rings. The summed E-state index contributed by atoms with van der Waals surface area (Å²) >= 11 is 7.53. The first-order valence-electron chi connectivity index (χ1n) is 5.99. The molecule has 1 aromatic carbocycles. The van der Waals surface area contributed by atoms with Gasteiger partial charge in [0.2, 0.25) is 5.91 Å². The summed E-state index contributed by atoms with van der Waals surface area (Å²) in [6, 6.07) is 4.57. The third-order valence-electron chi connectivity index (χ3n) is 2.72. The van der Waals surface area contributed by atoms with Crippen LogP contribution in [0.3, 0.4) is 0 Å². The smallest absolute Gasteiger partial charge is 0.330 e. The quantitative estimate of drug-likeness (QED) is 0.711. The fourth-order valence-corrected chi connectivity index (χ4v) is 2.34. The second-order valence-electron chi connectivity index (χ2n) is 4.19. The number of carbonyl (C=O) groups excluding carboxylic acids is 1. The van der Waals surface area contributed by atoms with Gasteiger partial charge in [-0.25, -0.2) is 4.79 Å². The average Bonchev–Trinajstić information content (AvgIpc) is 2.42. The molecule has 1 amide bonds. The Morgan fingerprint density at radius 2 is 2.10 bits per heavy atom. The standard InChI is InChI=1S/C13H17ClN2O3S/c1-20-7-6-10(15)12(17)16-11(13(18)19)8-4-2-3-5-9(8)14/h2-5,10-11H,6-7,15H2,1H3,(H,16,17)(H,18,19)/t10-,11+/m0/s1. The van der Waals surface area contributed by atoms with E-state index in [9.17, 15) is 14.7 Å². The number of benzene rings is 1. The summed E-state index contributed by atoms with van der Waals surface area (Å²) in [7, 11) is 0. The van der Waals surface area contributed by atoms with E-state index in [4.69, 9.17) is 17.3 Å². The molecule has 0 bridgehead atoms. The molecule has 20 heavy (non-hydrogen) atoms. The second kappa shape index (κ2) is 8.14. The number of nitrogens with one attached hydrogen (secondary N) is 1. The molecule has 0 radical (unpaired) electrons. The van der Waals surface area contributed by atoms with Crippen LogP contribution < -0.4 is 11.1 Å². The highest BCUT2D eigenvalue weighted by atomic mass is 35.5. The topological polar surface area (TPSA) is 92.4 Å². The van der Waals surface area contributed by atoms with Crippen LogP contribution in [0.2, 0.25) is 5.02 Å². The minimum absolute atomic E-state index is 0.290. The summed E-state index contributed by atoms with van der Waals surface area (Å²) in [5.74, 6) is -0.937. The van der Waals surface area contributed by atoms with Crippen molar-refractivity contribution in [2.24, 2.45) is 5.73 Å². The predicted molar refractivity (Wildman–Crippen MR) is 80.9 cm³/mol. The van der Waals surface area contributed by atoms with E-state index in [2.05, 4.69) is 5.32 Å². The van der Waals surface area contributed by atoms with Crippen molar-refractivity contribution in [2.75, 3.05) is 12.0 Å². The van der Waals surface area contributed by atoms with Gasteiger partial charge in [-0.15, -0.1) is 0 Å². The maximum Gasteiger partial charge on any atom is 0.330 e. The largest absolute Gasteiger partial charge is 0.479 e. The highest BCUT2D eigenvalue weighted by Crippen LogP contribution is 2.23. The van der Waals surface area contributed by atoms with Crippen LogP contribution in [0.15, 0.2) is 24.3 Å². The van der Waals surface area contributed by atoms with Crippen molar-refractivity contribution >= 4 is 35.2 Å². The molecule has 0 saturated carbocycles. The number of hydrogen-bond acceptors (Lipinski definition) is 4. The molecule has 0 unspecified atom stereocenters. The third-order valence-corrected chi connectivity index (χ3v) is 3.71. The highest BCUT2D eigenvalue weighted by Gasteiger charge is 2.26. The lowest BCUT2D eigenvalue weighted by atomic mass is 10.1. The van der Waals surface area contributed by atoms with Crippen LogP contribution in [0.25, 0.3) is 0 Å². The first kappa shape index (κ1) is 16.8. The van der Waals surface area contributed by atoms with Crippen LogP contribution in [0, 0.1) is 0 Å². The van der Waals surface area contributed by atoms with E-state index >= 15 is 0 Å². The summed E-state index contributed by atoms with van der Waals surface area (Å²) in [5, 5.41) is 12.0. The van der Waals surface area contributed by atoms with Gasteiger partial charge in [0.15, 0.2) is 6.04 Å². The lowest BCUT2D eigenvalue weighted by molar-refractivity contribution is -0.142. The molecule has 1 aromatic rings. The summed E-state index contributed by atoms with van der Waals surface area (Å²) in [5.41, 5.74) is 6.06. The molecule has 1 rings (SSSR count). The zero-order valence-electron chi connectivity index (χ0n) is 11.0. The molecule has 7 heteroatoms. The third kappa shape index (κ3) is 4.70. The average molecular weight is 317 g/mol. The number of hydrogen-bond donors (Lipinski definition) is 3. The zero-order chi connectivity index (χ0) is 15.1. The van der Waals surface area contributed by atoms with Gasteiger partial charge >= 0.3 is 5.97 Å². The van der Waals surface area contributed by atoms with Crippen molar-refractivity contribution < 1.29 is 14.7 Å². The predicted octanol–water partition coefficient (Wildman–Crippen LogP) is 1.66. The Hall–Kier alpha value is -1.24. The number of rotatable bonds is 7. The van der Waals surface area contributed by atoms with E-state index in [0.29, 0.717) is 12.0 Å². The SMILES string of the molecule is CSCC[C@H](N)C(=O)N[C@@H](C(=O)O)c1ccccc1Cl. The molecule has 4 N–H and O–H groups in total. The van der Waals surface area contributed by atoms with Gasteiger partial charge in [-0.1, -0.05) is 29.8 Å². The monoisotopic (exact) mass is 316 g/mol. The second-order valence-corrected chi connectivity index (χ2v) is 5.58. The van der Waals surface area contributed by atoms with Gasteiger partial charge < -0.3 is 16.2 Å². The first-order chi connectivity index (χ1) is 9.47. The van der Waals surface area contributed by atoms with Gasteiger partial charge in [0.05, 0.1) is 6.04 Å². The van der Waals surface area contributed by atoms with Gasteiger partial charge in [-0.2, -0.15) is 11.8 Å². The summed E-state index contributed by atoms with van der Waals surface area (Å²) in [6.45, 7) is 0. The van der Waals surface area contributed by atoms with Gasteiger partial charge in [0, 0.05) is 10.6 Å². The molecule has 0 spiro atoms. The number of carboxylic acid groups (broad SMARTS) is 1. The number of carbonyl (C=O) groups is 2. The van der Waals surface area contributed by atoms with E-state index in [-0.39, 0.29) is 5.02 Å². The minimum atomic E-state index is -1.20. The summed E-state index contributed by atoms with van der Waals surface area (Å²) < 4.78 is 0. The van der Waals surface area contributed by atoms with Gasteiger partial charge in [0.25, 0.3) is 0 Å². The van der Waals surface area contributed by atoms with Crippen LogP contribution in [-0.4, -0.2) is 35.0 Å².